The minimum atomic E-state index is -0.147. The van der Waals surface area contributed by atoms with Gasteiger partial charge in [0.15, 0.2) is 0 Å². The molecule has 1 heterocycles. The quantitative estimate of drug-likeness (QED) is 0.425. The molecule has 0 radical (unpaired) electrons. The Bertz CT molecular complexity index is 690. The van der Waals surface area contributed by atoms with Crippen molar-refractivity contribution in [2.45, 2.75) is 26.2 Å². The molecule has 2 rings (SSSR count). The SMILES string of the molecule is CCc1ccc(OCCCC(=O)N/N=C/c2ccccn2)c(Br)c1. The lowest BCUT2D eigenvalue weighted by Crippen LogP contribution is -2.18. The van der Waals surface area contributed by atoms with E-state index in [0.29, 0.717) is 25.1 Å². The van der Waals surface area contributed by atoms with Crippen LogP contribution in [0.15, 0.2) is 52.2 Å². The molecular weight excluding hydrogens is 370 g/mol. The minimum Gasteiger partial charge on any atom is -0.492 e. The number of aryl methyl sites for hydroxylation is 1. The molecule has 24 heavy (non-hydrogen) atoms. The number of nitrogens with one attached hydrogen (secondary N) is 1. The second kappa shape index (κ2) is 9.82. The van der Waals surface area contributed by atoms with Crippen LogP contribution in [-0.4, -0.2) is 23.7 Å². The van der Waals surface area contributed by atoms with Gasteiger partial charge in [0.1, 0.15) is 5.75 Å². The Morgan fingerprint density at radius 3 is 2.96 bits per heavy atom. The number of hydrazone groups is 1. The summed E-state index contributed by atoms with van der Waals surface area (Å²) in [6.07, 6.45) is 5.14. The third kappa shape index (κ3) is 6.12. The molecule has 0 fully saturated rings. The van der Waals surface area contributed by atoms with Crippen LogP contribution in [0.3, 0.4) is 0 Å². The number of aromatic nitrogens is 1. The number of carbonyl (C=O) groups is 1. The van der Waals surface area contributed by atoms with E-state index in [9.17, 15) is 4.79 Å². The van der Waals surface area contributed by atoms with Gasteiger partial charge in [-0.2, -0.15) is 5.10 Å². The summed E-state index contributed by atoms with van der Waals surface area (Å²) in [5.41, 5.74) is 4.43. The Labute approximate surface area is 150 Å². The number of hydrogen-bond acceptors (Lipinski definition) is 4. The lowest BCUT2D eigenvalue weighted by Gasteiger charge is -2.09. The average molecular weight is 390 g/mol. The molecule has 0 aliphatic carbocycles. The van der Waals surface area contributed by atoms with Crippen molar-refractivity contribution in [1.29, 1.82) is 0 Å². The van der Waals surface area contributed by atoms with Gasteiger partial charge < -0.3 is 4.74 Å². The summed E-state index contributed by atoms with van der Waals surface area (Å²) >= 11 is 3.50. The maximum absolute atomic E-state index is 11.7. The Balaban J connectivity index is 1.67. The van der Waals surface area contributed by atoms with E-state index in [0.717, 1.165) is 16.6 Å². The van der Waals surface area contributed by atoms with E-state index in [1.807, 2.05) is 36.4 Å². The number of amides is 1. The molecule has 126 valence electrons. The highest BCUT2D eigenvalue weighted by Gasteiger charge is 2.04. The van der Waals surface area contributed by atoms with E-state index < -0.39 is 0 Å². The van der Waals surface area contributed by atoms with Crippen LogP contribution < -0.4 is 10.2 Å². The number of benzene rings is 1. The highest BCUT2D eigenvalue weighted by atomic mass is 79.9. The van der Waals surface area contributed by atoms with Crippen LogP contribution in [0, 0.1) is 0 Å². The molecule has 1 aromatic carbocycles. The summed E-state index contributed by atoms with van der Waals surface area (Å²) in [4.78, 5) is 15.8. The van der Waals surface area contributed by atoms with Crippen LogP contribution >= 0.6 is 15.9 Å². The van der Waals surface area contributed by atoms with E-state index in [-0.39, 0.29) is 5.91 Å². The largest absolute Gasteiger partial charge is 0.492 e. The van der Waals surface area contributed by atoms with E-state index in [2.05, 4.69) is 38.4 Å². The lowest BCUT2D eigenvalue weighted by atomic mass is 10.2. The van der Waals surface area contributed by atoms with Crippen molar-refractivity contribution < 1.29 is 9.53 Å². The molecule has 5 nitrogen and oxygen atoms in total. The van der Waals surface area contributed by atoms with Crippen LogP contribution in [0.2, 0.25) is 0 Å². The predicted octanol–water partition coefficient (Wildman–Crippen LogP) is 3.72. The number of halogens is 1. The van der Waals surface area contributed by atoms with E-state index >= 15 is 0 Å². The van der Waals surface area contributed by atoms with E-state index in [1.54, 1.807) is 6.20 Å². The van der Waals surface area contributed by atoms with E-state index in [1.165, 1.54) is 11.8 Å². The fourth-order valence-electron chi connectivity index (χ4n) is 1.97. The van der Waals surface area contributed by atoms with Gasteiger partial charge >= 0.3 is 0 Å². The van der Waals surface area contributed by atoms with Crippen LogP contribution in [0.25, 0.3) is 0 Å². The molecule has 6 heteroatoms. The normalized spacial score (nSPS) is 10.8. The molecule has 0 aliphatic rings. The number of rotatable bonds is 8. The van der Waals surface area contributed by atoms with Crippen molar-refractivity contribution in [1.82, 2.24) is 10.4 Å². The fraction of sp³-hybridized carbons (Fsp3) is 0.278. The van der Waals surface area contributed by atoms with Gasteiger partial charge in [-0.05, 0) is 58.6 Å². The topological polar surface area (TPSA) is 63.6 Å². The lowest BCUT2D eigenvalue weighted by molar-refractivity contribution is -0.121. The van der Waals surface area contributed by atoms with Crippen LogP contribution in [0.5, 0.6) is 5.75 Å². The van der Waals surface area contributed by atoms with Gasteiger partial charge in [0, 0.05) is 12.6 Å². The summed E-state index contributed by atoms with van der Waals surface area (Å²) in [6, 6.07) is 11.5. The summed E-state index contributed by atoms with van der Waals surface area (Å²) in [5, 5.41) is 3.88. The molecule has 0 saturated heterocycles. The molecule has 0 unspecified atom stereocenters. The predicted molar refractivity (Wildman–Crippen MR) is 98.2 cm³/mol. The summed E-state index contributed by atoms with van der Waals surface area (Å²) in [5.74, 6) is 0.645. The van der Waals surface area contributed by atoms with Gasteiger partial charge in [0.25, 0.3) is 0 Å². The third-order valence-corrected chi connectivity index (χ3v) is 3.90. The zero-order chi connectivity index (χ0) is 17.2. The van der Waals surface area contributed by atoms with Crippen molar-refractivity contribution in [3.63, 3.8) is 0 Å². The van der Waals surface area contributed by atoms with Gasteiger partial charge in [0.05, 0.1) is 23.0 Å². The number of carbonyl (C=O) groups excluding carboxylic acids is 1. The summed E-state index contributed by atoms with van der Waals surface area (Å²) < 4.78 is 6.62. The van der Waals surface area contributed by atoms with Crippen molar-refractivity contribution in [2.75, 3.05) is 6.61 Å². The first-order valence-electron chi connectivity index (χ1n) is 7.83. The Morgan fingerprint density at radius 2 is 2.25 bits per heavy atom. The number of ether oxygens (including phenoxy) is 1. The first kappa shape index (κ1) is 18.1. The second-order valence-electron chi connectivity index (χ2n) is 5.12. The van der Waals surface area contributed by atoms with Crippen molar-refractivity contribution in [3.05, 3.63) is 58.3 Å². The van der Waals surface area contributed by atoms with Gasteiger partial charge in [-0.15, -0.1) is 0 Å². The molecule has 1 amide bonds. The molecule has 0 saturated carbocycles. The molecule has 1 aromatic heterocycles. The highest BCUT2D eigenvalue weighted by molar-refractivity contribution is 9.10. The smallest absolute Gasteiger partial charge is 0.240 e. The molecule has 0 spiro atoms. The van der Waals surface area contributed by atoms with Crippen LogP contribution in [0.4, 0.5) is 0 Å². The maximum Gasteiger partial charge on any atom is 0.240 e. The van der Waals surface area contributed by atoms with Gasteiger partial charge in [0.2, 0.25) is 5.91 Å². The Hall–Kier alpha value is -2.21. The van der Waals surface area contributed by atoms with Crippen LogP contribution in [0.1, 0.15) is 31.0 Å². The van der Waals surface area contributed by atoms with Crippen molar-refractivity contribution in [3.8, 4) is 5.75 Å². The molecular formula is C18H20BrN3O2. The summed E-state index contributed by atoms with van der Waals surface area (Å²) in [6.45, 7) is 2.58. The van der Waals surface area contributed by atoms with Gasteiger partial charge in [-0.1, -0.05) is 19.1 Å². The standard InChI is InChI=1S/C18H20BrN3O2/c1-2-14-8-9-17(16(19)12-14)24-11-5-7-18(23)22-21-13-15-6-3-4-10-20-15/h3-4,6,8-10,12-13H,2,5,7,11H2,1H3,(H,22,23)/b21-13+. The van der Waals surface area contributed by atoms with Crippen LogP contribution in [-0.2, 0) is 11.2 Å². The second-order valence-corrected chi connectivity index (χ2v) is 5.97. The van der Waals surface area contributed by atoms with Gasteiger partial charge in [-0.25, -0.2) is 5.43 Å². The molecule has 0 aliphatic heterocycles. The Morgan fingerprint density at radius 1 is 1.38 bits per heavy atom. The zero-order valence-electron chi connectivity index (χ0n) is 13.5. The number of nitrogens with zero attached hydrogens (tertiary/aromatic N) is 2. The van der Waals surface area contributed by atoms with Gasteiger partial charge in [-0.3, -0.25) is 9.78 Å². The first-order chi connectivity index (χ1) is 11.7. The molecule has 0 bridgehead atoms. The van der Waals surface area contributed by atoms with Crippen molar-refractivity contribution in [2.24, 2.45) is 5.10 Å². The average Bonchev–Trinajstić information content (AvgIpc) is 2.60. The number of hydrogen-bond donors (Lipinski definition) is 1. The minimum absolute atomic E-state index is 0.147. The molecule has 1 N–H and O–H groups in total. The summed E-state index contributed by atoms with van der Waals surface area (Å²) in [7, 11) is 0. The Kier molecular flexibility index (Phi) is 7.42. The first-order valence-corrected chi connectivity index (χ1v) is 8.62. The van der Waals surface area contributed by atoms with Crippen molar-refractivity contribution >= 4 is 28.1 Å². The third-order valence-electron chi connectivity index (χ3n) is 3.28. The number of pyridine rings is 1. The fourth-order valence-corrected chi connectivity index (χ4v) is 2.52. The zero-order valence-corrected chi connectivity index (χ0v) is 15.1. The molecule has 2 aromatic rings. The maximum atomic E-state index is 11.7. The monoisotopic (exact) mass is 389 g/mol. The van der Waals surface area contributed by atoms with E-state index in [4.69, 9.17) is 4.74 Å². The highest BCUT2D eigenvalue weighted by Crippen LogP contribution is 2.26. The molecule has 0 atom stereocenters.